The summed E-state index contributed by atoms with van der Waals surface area (Å²) in [6.07, 6.45) is 1.17. The molecular weight excluding hydrogens is 262 g/mol. The molecule has 0 aliphatic heterocycles. The summed E-state index contributed by atoms with van der Waals surface area (Å²) in [6, 6.07) is 6.59. The smallest absolute Gasteiger partial charge is 0.339 e. The third-order valence-corrected chi connectivity index (χ3v) is 2.29. The van der Waals surface area contributed by atoms with Gasteiger partial charge in [0.25, 0.3) is 5.09 Å². The van der Waals surface area contributed by atoms with Gasteiger partial charge >= 0.3 is 5.97 Å². The predicted molar refractivity (Wildman–Crippen MR) is 63.8 cm³/mol. The van der Waals surface area contributed by atoms with E-state index in [-0.39, 0.29) is 12.7 Å². The van der Waals surface area contributed by atoms with E-state index in [1.165, 1.54) is 0 Å². The molecule has 0 heterocycles. The van der Waals surface area contributed by atoms with E-state index >= 15 is 0 Å². The molecule has 0 radical (unpaired) electrons. The summed E-state index contributed by atoms with van der Waals surface area (Å²) in [5.74, 6) is -0.478. The summed E-state index contributed by atoms with van der Waals surface area (Å²) in [6.45, 7) is 0.0586. The zero-order valence-corrected chi connectivity index (χ0v) is 10.3. The average molecular weight is 274 g/mol. The number of halogens is 1. The van der Waals surface area contributed by atoms with Gasteiger partial charge in [-0.2, -0.15) is 0 Å². The van der Waals surface area contributed by atoms with Crippen LogP contribution < -0.4 is 0 Å². The van der Waals surface area contributed by atoms with E-state index in [0.717, 1.165) is 5.56 Å². The lowest BCUT2D eigenvalue weighted by Gasteiger charge is -2.03. The van der Waals surface area contributed by atoms with Gasteiger partial charge in [0.05, 0.1) is 12.2 Å². The Balaban J connectivity index is 2.40. The molecule has 0 unspecified atom stereocenters. The molecule has 6 nitrogen and oxygen atoms in total. The topological polar surface area (TPSA) is 78.7 Å². The zero-order valence-electron chi connectivity index (χ0n) is 9.50. The third kappa shape index (κ3) is 5.01. The van der Waals surface area contributed by atoms with Crippen LogP contribution >= 0.6 is 11.6 Å². The van der Waals surface area contributed by atoms with Crippen molar-refractivity contribution in [2.75, 3.05) is 12.7 Å². The molecule has 0 bridgehead atoms. The summed E-state index contributed by atoms with van der Waals surface area (Å²) in [4.78, 5) is 25.4. The molecule has 0 fully saturated rings. The van der Waals surface area contributed by atoms with E-state index in [1.807, 2.05) is 0 Å². The minimum Gasteiger partial charge on any atom is -0.446 e. The minimum atomic E-state index is -0.814. The number of nitrogens with zero attached hydrogens (tertiary/aromatic N) is 1. The Morgan fingerprint density at radius 2 is 2.00 bits per heavy atom. The van der Waals surface area contributed by atoms with Gasteiger partial charge < -0.3 is 9.57 Å². The fourth-order valence-corrected chi connectivity index (χ4v) is 1.45. The first kappa shape index (κ1) is 14.2. The van der Waals surface area contributed by atoms with Gasteiger partial charge in [-0.3, -0.25) is 0 Å². The van der Waals surface area contributed by atoms with Gasteiger partial charge in [0.2, 0.25) is 0 Å². The number of hydrogen-bond donors (Lipinski definition) is 0. The second-order valence-corrected chi connectivity index (χ2v) is 3.62. The van der Waals surface area contributed by atoms with Crippen LogP contribution in [0.2, 0.25) is 0 Å². The van der Waals surface area contributed by atoms with Crippen molar-refractivity contribution < 1.29 is 19.5 Å². The number of hydrogen-bond acceptors (Lipinski definition) is 5. The molecule has 0 atom stereocenters. The molecular formula is C11H12ClNO5. The maximum atomic E-state index is 11.3. The van der Waals surface area contributed by atoms with E-state index in [1.54, 1.807) is 24.3 Å². The van der Waals surface area contributed by atoms with Crippen LogP contribution in [0.15, 0.2) is 24.3 Å². The second kappa shape index (κ2) is 7.50. The number of alkyl halides is 1. The van der Waals surface area contributed by atoms with E-state index in [4.69, 9.17) is 11.6 Å². The molecule has 0 saturated carbocycles. The Hall–Kier alpha value is -1.82. The molecule has 0 N–H and O–H groups in total. The summed E-state index contributed by atoms with van der Waals surface area (Å²) in [7, 11) is 0. The zero-order chi connectivity index (χ0) is 13.4. The Morgan fingerprint density at radius 1 is 1.33 bits per heavy atom. The van der Waals surface area contributed by atoms with Gasteiger partial charge in [-0.15, -0.1) is 10.1 Å². The Labute approximate surface area is 109 Å². The third-order valence-electron chi connectivity index (χ3n) is 2.18. The van der Waals surface area contributed by atoms with Crippen molar-refractivity contribution >= 4 is 17.6 Å². The highest BCUT2D eigenvalue weighted by Crippen LogP contribution is 2.08. The molecule has 0 saturated heterocycles. The van der Waals surface area contributed by atoms with Crippen molar-refractivity contribution in [1.82, 2.24) is 0 Å². The number of carbonyl (C=O) groups is 1. The quantitative estimate of drug-likeness (QED) is 0.250. The van der Waals surface area contributed by atoms with E-state index < -0.39 is 11.1 Å². The normalized spacial score (nSPS) is 9.83. The molecule has 0 amide bonds. The fourth-order valence-electron chi connectivity index (χ4n) is 1.36. The number of ether oxygens (including phenoxy) is 1. The summed E-state index contributed by atoms with van der Waals surface area (Å²) >= 11 is 5.28. The summed E-state index contributed by atoms with van der Waals surface area (Å²) in [5, 5.41) is 9.10. The largest absolute Gasteiger partial charge is 0.446 e. The van der Waals surface area contributed by atoms with Crippen molar-refractivity contribution in [3.05, 3.63) is 45.5 Å². The van der Waals surface area contributed by atoms with Crippen molar-refractivity contribution in [2.24, 2.45) is 0 Å². The van der Waals surface area contributed by atoms with Gasteiger partial charge in [-0.25, -0.2) is 4.79 Å². The van der Waals surface area contributed by atoms with Crippen molar-refractivity contribution in [2.45, 2.75) is 12.8 Å². The molecule has 0 aliphatic rings. The van der Waals surface area contributed by atoms with Crippen LogP contribution in [0.3, 0.4) is 0 Å². The Bertz CT molecular complexity index is 406. The van der Waals surface area contributed by atoms with Crippen molar-refractivity contribution in [3.8, 4) is 0 Å². The Kier molecular flexibility index (Phi) is 5.93. The average Bonchev–Trinajstić information content (AvgIpc) is 2.35. The van der Waals surface area contributed by atoms with E-state index in [9.17, 15) is 14.9 Å². The van der Waals surface area contributed by atoms with Crippen LogP contribution in [0.25, 0.3) is 0 Å². The number of rotatable bonds is 7. The highest BCUT2D eigenvalue weighted by atomic mass is 35.5. The van der Waals surface area contributed by atoms with Crippen LogP contribution in [0.4, 0.5) is 0 Å². The molecule has 1 rings (SSSR count). The summed E-state index contributed by atoms with van der Waals surface area (Å²) < 4.78 is 4.62. The van der Waals surface area contributed by atoms with E-state index in [2.05, 4.69) is 9.57 Å². The molecule has 18 heavy (non-hydrogen) atoms. The standard InChI is InChI=1S/C11H12ClNO5/c12-8-17-11(14)10-5-3-9(4-6-10)2-1-7-18-13(15)16/h3-6H,1-2,7-8H2. The molecule has 0 spiro atoms. The van der Waals surface area contributed by atoms with Crippen LogP contribution in [0.5, 0.6) is 0 Å². The Morgan fingerprint density at radius 3 is 2.56 bits per heavy atom. The molecule has 0 aromatic heterocycles. The van der Waals surface area contributed by atoms with Gasteiger partial charge in [0, 0.05) is 0 Å². The van der Waals surface area contributed by atoms with Gasteiger partial charge in [-0.1, -0.05) is 23.7 Å². The molecule has 98 valence electrons. The summed E-state index contributed by atoms with van der Waals surface area (Å²) in [5.41, 5.74) is 1.38. The molecule has 1 aromatic rings. The van der Waals surface area contributed by atoms with Crippen LogP contribution in [0.1, 0.15) is 22.3 Å². The SMILES string of the molecule is O=C(OCCl)c1ccc(CCCO[N+](=O)[O-])cc1. The number of benzene rings is 1. The highest BCUT2D eigenvalue weighted by Gasteiger charge is 2.05. The number of carbonyl (C=O) groups excluding carboxylic acids is 1. The number of esters is 1. The van der Waals surface area contributed by atoms with Gasteiger partial charge in [-0.05, 0) is 30.5 Å². The maximum absolute atomic E-state index is 11.3. The fraction of sp³-hybridized carbons (Fsp3) is 0.364. The van der Waals surface area contributed by atoms with E-state index in [0.29, 0.717) is 18.4 Å². The van der Waals surface area contributed by atoms with Gasteiger partial charge in [0.1, 0.15) is 0 Å². The maximum Gasteiger partial charge on any atom is 0.339 e. The first-order valence-corrected chi connectivity index (χ1v) is 5.76. The lowest BCUT2D eigenvalue weighted by atomic mass is 10.1. The van der Waals surface area contributed by atoms with Crippen LogP contribution in [0, 0.1) is 10.1 Å². The minimum absolute atomic E-state index is 0.0586. The lowest BCUT2D eigenvalue weighted by Crippen LogP contribution is -2.04. The number of aryl methyl sites for hydroxylation is 1. The first-order valence-electron chi connectivity index (χ1n) is 5.23. The highest BCUT2D eigenvalue weighted by molar-refractivity contribution is 6.17. The molecule has 0 aliphatic carbocycles. The van der Waals surface area contributed by atoms with Gasteiger partial charge in [0.15, 0.2) is 6.07 Å². The second-order valence-electron chi connectivity index (χ2n) is 3.40. The monoisotopic (exact) mass is 273 g/mol. The lowest BCUT2D eigenvalue weighted by molar-refractivity contribution is -0.757. The molecule has 7 heteroatoms. The van der Waals surface area contributed by atoms with Crippen molar-refractivity contribution in [1.29, 1.82) is 0 Å². The van der Waals surface area contributed by atoms with Crippen LogP contribution in [-0.4, -0.2) is 23.7 Å². The first-order chi connectivity index (χ1) is 8.63. The molecule has 1 aromatic carbocycles. The van der Waals surface area contributed by atoms with Crippen molar-refractivity contribution in [3.63, 3.8) is 0 Å². The van der Waals surface area contributed by atoms with Crippen LogP contribution in [-0.2, 0) is 16.0 Å². The predicted octanol–water partition coefficient (Wildman–Crippen LogP) is 2.18.